The molecule has 0 saturated heterocycles. The molecule has 0 unspecified atom stereocenters. The Kier molecular flexibility index (Phi) is 14.5. The van der Waals surface area contributed by atoms with E-state index in [-0.39, 0.29) is 45.9 Å². The molecular formula is C47H30ClN13O12. The smallest absolute Gasteiger partial charge is 0.337 e. The highest BCUT2D eigenvalue weighted by molar-refractivity contribution is 6.28. The van der Waals surface area contributed by atoms with E-state index in [1.165, 1.54) is 24.3 Å². The summed E-state index contributed by atoms with van der Waals surface area (Å²) < 4.78 is 1.25. The first kappa shape index (κ1) is 50.0. The molecule has 26 heteroatoms. The van der Waals surface area contributed by atoms with Crippen LogP contribution in [0.5, 0.6) is 11.8 Å². The first-order valence-electron chi connectivity index (χ1n) is 20.5. The van der Waals surface area contributed by atoms with Crippen LogP contribution >= 0.6 is 11.6 Å². The summed E-state index contributed by atoms with van der Waals surface area (Å²) in [5.41, 5.74) is -6.77. The Labute approximate surface area is 412 Å². The number of aromatic hydroxyl groups is 2. The van der Waals surface area contributed by atoms with Gasteiger partial charge in [-0.3, -0.25) is 14.2 Å². The van der Waals surface area contributed by atoms with E-state index in [9.17, 15) is 64.7 Å². The van der Waals surface area contributed by atoms with Crippen LogP contribution in [0.4, 0.5) is 40.3 Å². The highest BCUT2D eigenvalue weighted by Gasteiger charge is 2.27. The molecule has 73 heavy (non-hydrogen) atoms. The Morgan fingerprint density at radius 3 is 1.70 bits per heavy atom. The molecule has 0 aliphatic heterocycles. The van der Waals surface area contributed by atoms with Crippen molar-refractivity contribution in [2.75, 3.05) is 17.2 Å². The van der Waals surface area contributed by atoms with Crippen molar-refractivity contribution in [2.24, 2.45) is 20.5 Å². The number of benzene rings is 4. The lowest BCUT2D eigenvalue weighted by molar-refractivity contribution is 0.0682. The van der Waals surface area contributed by atoms with Gasteiger partial charge in [-0.25, -0.2) is 28.6 Å². The number of azo groups is 2. The lowest BCUT2D eigenvalue weighted by Gasteiger charge is -2.18. The molecule has 0 fully saturated rings. The highest BCUT2D eigenvalue weighted by Crippen LogP contribution is 2.44. The van der Waals surface area contributed by atoms with E-state index in [2.05, 4.69) is 57.5 Å². The number of carboxylic acid groups (broad SMARTS) is 4. The average Bonchev–Trinajstić information content (AvgIpc) is 3.36. The van der Waals surface area contributed by atoms with Gasteiger partial charge in [-0.05, 0) is 59.1 Å². The van der Waals surface area contributed by atoms with Crippen LogP contribution in [0.15, 0.2) is 134 Å². The average molecular weight is 1000 g/mol. The summed E-state index contributed by atoms with van der Waals surface area (Å²) >= 11 is 6.24. The van der Waals surface area contributed by atoms with Gasteiger partial charge in [0, 0.05) is 24.2 Å². The third-order valence-corrected chi connectivity index (χ3v) is 10.5. The van der Waals surface area contributed by atoms with Crippen molar-refractivity contribution in [1.82, 2.24) is 24.1 Å². The minimum absolute atomic E-state index is 0.179. The molecule has 3 aromatic heterocycles. The van der Waals surface area contributed by atoms with Gasteiger partial charge in [0.25, 0.3) is 16.8 Å². The first-order valence-corrected chi connectivity index (χ1v) is 20.9. The van der Waals surface area contributed by atoms with Crippen molar-refractivity contribution in [1.29, 1.82) is 5.26 Å². The van der Waals surface area contributed by atoms with Crippen LogP contribution in [-0.2, 0) is 6.54 Å². The standard InChI is InChI=1S/C47H30ClN13O12/c1-22(61-39(64)34(50-2)33(24-11-7-4-8-12-24)36(40(61)65)59-57-31-20-26(42(68)69)14-16-28(31)44(72)73)52-47-54-45(48)53-46(55-47)51-17-18-60-37(62)29(21-49)32(23-9-5-3-6-10-23)35(38(60)63)58-56-30-19-25(41(66)67)13-15-27(30)43(70)71/h3-16,19-20,63,65H,1,17-18H2,(H,66,67)(H,68,69)(H,70,71)(H,72,73)(H2,51,52,53,54,55). The van der Waals surface area contributed by atoms with Gasteiger partial charge in [0.05, 0.1) is 28.8 Å². The number of rotatable bonds is 17. The second-order valence-electron chi connectivity index (χ2n) is 14.7. The molecule has 0 aliphatic rings. The van der Waals surface area contributed by atoms with Crippen molar-refractivity contribution in [3.63, 3.8) is 0 Å². The Morgan fingerprint density at radius 1 is 0.699 bits per heavy atom. The third-order valence-electron chi connectivity index (χ3n) is 10.3. The topological polar surface area (TPSA) is 374 Å². The van der Waals surface area contributed by atoms with Crippen LogP contribution in [0, 0.1) is 17.9 Å². The lowest BCUT2D eigenvalue weighted by atomic mass is 10.00. The van der Waals surface area contributed by atoms with Gasteiger partial charge in [-0.15, -0.1) is 20.5 Å². The SMILES string of the molecule is [C-]#[N+]c1c(-c2ccccc2)c(N=Nc2cc(C(=O)O)ccc2C(=O)O)c(O)n(C(=C)Nc2nc(Cl)nc(NCCn3c(O)c(N=Nc4cc(C(=O)O)ccc4C(=O)O)c(-c4ccccc4)c(C#N)c3=O)n2)c1=O. The van der Waals surface area contributed by atoms with Crippen molar-refractivity contribution in [2.45, 2.75) is 6.54 Å². The Bertz CT molecular complexity index is 3740. The largest absolute Gasteiger partial charge is 0.493 e. The summed E-state index contributed by atoms with van der Waals surface area (Å²) in [6.07, 6.45) is 0. The van der Waals surface area contributed by atoms with E-state index >= 15 is 0 Å². The van der Waals surface area contributed by atoms with Gasteiger partial charge in [-0.1, -0.05) is 67.2 Å². The lowest BCUT2D eigenvalue weighted by Crippen LogP contribution is -2.27. The van der Waals surface area contributed by atoms with Gasteiger partial charge >= 0.3 is 23.9 Å². The molecule has 0 aliphatic carbocycles. The minimum atomic E-state index is -1.50. The number of aromatic carboxylic acids is 4. The normalized spacial score (nSPS) is 10.9. The number of hydrogen-bond acceptors (Lipinski definition) is 18. The molecule has 0 bridgehead atoms. The van der Waals surface area contributed by atoms with Crippen LogP contribution in [0.2, 0.25) is 5.28 Å². The number of hydrogen-bond donors (Lipinski definition) is 8. The molecule has 0 amide bonds. The number of halogens is 1. The molecule has 0 spiro atoms. The van der Waals surface area contributed by atoms with Crippen LogP contribution in [-0.4, -0.2) is 85.1 Å². The fourth-order valence-corrected chi connectivity index (χ4v) is 7.13. The summed E-state index contributed by atoms with van der Waals surface area (Å²) in [6.45, 7) is 11.0. The Hall–Kier alpha value is -10.9. The third kappa shape index (κ3) is 10.4. The predicted octanol–water partition coefficient (Wildman–Crippen LogP) is 8.29. The maximum atomic E-state index is 14.0. The molecule has 8 N–H and O–H groups in total. The highest BCUT2D eigenvalue weighted by atomic mass is 35.5. The molecule has 0 saturated carbocycles. The van der Waals surface area contributed by atoms with Crippen molar-refractivity contribution in [3.8, 4) is 40.1 Å². The Balaban J connectivity index is 1.23. The molecule has 362 valence electrons. The Morgan fingerprint density at radius 2 is 1.21 bits per heavy atom. The molecule has 7 rings (SSSR count). The van der Waals surface area contributed by atoms with Crippen LogP contribution in [0.3, 0.4) is 0 Å². The van der Waals surface area contributed by atoms with Gasteiger partial charge in [0.15, 0.2) is 5.69 Å². The van der Waals surface area contributed by atoms with Gasteiger partial charge in [0.2, 0.25) is 28.9 Å². The van der Waals surface area contributed by atoms with Crippen LogP contribution in [0.25, 0.3) is 32.9 Å². The monoisotopic (exact) mass is 1000 g/mol. The number of nitriles is 1. The van der Waals surface area contributed by atoms with Crippen molar-refractivity contribution in [3.05, 3.63) is 169 Å². The number of pyridine rings is 2. The van der Waals surface area contributed by atoms with Crippen molar-refractivity contribution < 1.29 is 49.8 Å². The van der Waals surface area contributed by atoms with Crippen molar-refractivity contribution >= 4 is 81.6 Å². The quantitative estimate of drug-likeness (QED) is 0.0314. The maximum Gasteiger partial charge on any atom is 0.337 e. The molecule has 0 radical (unpaired) electrons. The zero-order chi connectivity index (χ0) is 52.7. The summed E-state index contributed by atoms with van der Waals surface area (Å²) in [5, 5.41) is 93.0. The van der Waals surface area contributed by atoms with Crippen LogP contribution in [0.1, 0.15) is 47.0 Å². The second-order valence-corrected chi connectivity index (χ2v) is 15.0. The zero-order valence-electron chi connectivity index (χ0n) is 36.8. The van der Waals surface area contributed by atoms with Crippen LogP contribution < -0.4 is 21.8 Å². The van der Waals surface area contributed by atoms with Gasteiger partial charge in [0.1, 0.15) is 34.5 Å². The molecule has 4 aromatic carbocycles. The number of nitrogens with one attached hydrogen (secondary N) is 2. The molecular weight excluding hydrogens is 974 g/mol. The molecule has 7 aromatic rings. The van der Waals surface area contributed by atoms with Gasteiger partial charge < -0.3 is 41.3 Å². The predicted molar refractivity (Wildman–Crippen MR) is 258 cm³/mol. The summed E-state index contributed by atoms with van der Waals surface area (Å²) in [7, 11) is 0. The maximum absolute atomic E-state index is 14.0. The van der Waals surface area contributed by atoms with E-state index in [4.69, 9.17) is 18.2 Å². The molecule has 0 atom stereocenters. The summed E-state index contributed by atoms with van der Waals surface area (Å²) in [5.74, 6) is -8.87. The van der Waals surface area contributed by atoms with E-state index in [0.29, 0.717) is 4.57 Å². The van der Waals surface area contributed by atoms with E-state index in [0.717, 1.165) is 41.0 Å². The number of carboxylic acids is 4. The van der Waals surface area contributed by atoms with E-state index < -0.39 is 115 Å². The number of anilines is 2. The number of aromatic nitrogens is 5. The summed E-state index contributed by atoms with van der Waals surface area (Å²) in [4.78, 5) is 90.9. The minimum Gasteiger partial charge on any atom is -0.493 e. The van der Waals surface area contributed by atoms with E-state index in [1.807, 2.05) is 6.07 Å². The number of carbonyl (C=O) groups is 4. The number of nitrogens with zero attached hydrogens (tertiary/aromatic N) is 11. The zero-order valence-corrected chi connectivity index (χ0v) is 37.5. The molecule has 25 nitrogen and oxygen atoms in total. The summed E-state index contributed by atoms with van der Waals surface area (Å²) in [6, 6.07) is 23.2. The van der Waals surface area contributed by atoms with Gasteiger partial charge in [-0.2, -0.15) is 20.2 Å². The molecule has 3 heterocycles. The van der Waals surface area contributed by atoms with E-state index in [1.54, 1.807) is 36.4 Å². The first-order chi connectivity index (χ1) is 34.9. The fraction of sp³-hybridized carbons (Fsp3) is 0.0426. The fourth-order valence-electron chi connectivity index (χ4n) is 6.97. The second kappa shape index (κ2) is 21.2.